The van der Waals surface area contributed by atoms with Crippen molar-refractivity contribution in [3.63, 3.8) is 0 Å². The topological polar surface area (TPSA) is 122 Å². The molecular weight excluding hydrogens is 553 g/mol. The Morgan fingerprint density at radius 3 is 2.48 bits per heavy atom. The largest absolute Gasteiger partial charge is 0.494 e. The summed E-state index contributed by atoms with van der Waals surface area (Å²) in [7, 11) is 3.07. The van der Waals surface area contributed by atoms with E-state index < -0.39 is 12.0 Å². The number of anilines is 1. The molecule has 0 spiro atoms. The molecule has 0 aliphatic carbocycles. The van der Waals surface area contributed by atoms with Crippen LogP contribution in [0.25, 0.3) is 5.69 Å². The van der Waals surface area contributed by atoms with Crippen LogP contribution in [-0.2, 0) is 7.05 Å². The number of carboxylic acids is 1. The predicted molar refractivity (Wildman–Crippen MR) is 154 cm³/mol. The highest BCUT2D eigenvalue weighted by molar-refractivity contribution is 6.31. The zero-order valence-corrected chi connectivity index (χ0v) is 24.0. The average molecular weight is 580 g/mol. The first-order valence-electron chi connectivity index (χ1n) is 12.3. The smallest absolute Gasteiger partial charge is 0.356 e. The van der Waals surface area contributed by atoms with Gasteiger partial charge in [-0.1, -0.05) is 43.1 Å². The second-order valence-electron chi connectivity index (χ2n) is 9.59. The van der Waals surface area contributed by atoms with Crippen molar-refractivity contribution in [1.82, 2.24) is 14.3 Å². The number of rotatable bonds is 8. The van der Waals surface area contributed by atoms with Gasteiger partial charge in [0.15, 0.2) is 5.69 Å². The SMILES string of the molecule is COc1ccc(C#N)cc1-n1nc(C(=O)O)c(C(Nc2cc(Cl)c(=O)n(C)c2)c2ccc(Cl)cc2C)c1C(C)C. The maximum absolute atomic E-state index is 12.7. The highest BCUT2D eigenvalue weighted by Gasteiger charge is 2.33. The first kappa shape index (κ1) is 28.7. The molecule has 11 heteroatoms. The lowest BCUT2D eigenvalue weighted by atomic mass is 9.90. The fourth-order valence-electron chi connectivity index (χ4n) is 4.74. The maximum Gasteiger partial charge on any atom is 0.356 e. The van der Waals surface area contributed by atoms with Gasteiger partial charge in [-0.3, -0.25) is 4.79 Å². The van der Waals surface area contributed by atoms with Crippen LogP contribution in [0.5, 0.6) is 5.75 Å². The fraction of sp³-hybridized carbons (Fsp3) is 0.241. The standard InChI is InChI=1S/C29H27Cl2N5O4/c1-15(2)27-24(26(29(38)39)34-36(27)22-11-17(13-32)6-9-23(22)40-5)25(20-8-7-18(30)10-16(20)3)33-19-12-21(31)28(37)35(4)14-19/h6-12,14-15,25,33H,1-5H3,(H,38,39). The van der Waals surface area contributed by atoms with Gasteiger partial charge < -0.3 is 19.7 Å². The molecule has 206 valence electrons. The summed E-state index contributed by atoms with van der Waals surface area (Å²) in [4.78, 5) is 25.0. The molecule has 2 aromatic heterocycles. The van der Waals surface area contributed by atoms with Gasteiger partial charge in [0.05, 0.1) is 36.2 Å². The minimum Gasteiger partial charge on any atom is -0.494 e. The highest BCUT2D eigenvalue weighted by atomic mass is 35.5. The lowest BCUT2D eigenvalue weighted by Gasteiger charge is -2.25. The summed E-state index contributed by atoms with van der Waals surface area (Å²) in [6, 6.07) is 13.1. The number of aryl methyl sites for hydroxylation is 2. The van der Waals surface area contributed by atoms with Crippen molar-refractivity contribution in [3.8, 4) is 17.5 Å². The third-order valence-corrected chi connectivity index (χ3v) is 7.03. The molecule has 9 nitrogen and oxygen atoms in total. The van der Waals surface area contributed by atoms with E-state index in [2.05, 4.69) is 16.5 Å². The molecule has 4 rings (SSSR count). The van der Waals surface area contributed by atoms with Gasteiger partial charge in [-0.2, -0.15) is 10.4 Å². The predicted octanol–water partition coefficient (Wildman–Crippen LogP) is 6.09. The van der Waals surface area contributed by atoms with Crippen LogP contribution in [0.15, 0.2) is 53.5 Å². The molecule has 0 amide bonds. The van der Waals surface area contributed by atoms with Crippen LogP contribution in [0.2, 0.25) is 10.0 Å². The highest BCUT2D eigenvalue weighted by Crippen LogP contribution is 2.39. The van der Waals surface area contributed by atoms with Crippen molar-refractivity contribution in [3.05, 3.63) is 103 Å². The van der Waals surface area contributed by atoms with E-state index in [0.717, 1.165) is 11.1 Å². The Morgan fingerprint density at radius 2 is 1.90 bits per heavy atom. The summed E-state index contributed by atoms with van der Waals surface area (Å²) in [5, 5.41) is 28.4. The Morgan fingerprint density at radius 1 is 1.18 bits per heavy atom. The molecule has 1 unspecified atom stereocenters. The molecule has 4 aromatic rings. The first-order valence-corrected chi connectivity index (χ1v) is 13.1. The summed E-state index contributed by atoms with van der Waals surface area (Å²) >= 11 is 12.5. The van der Waals surface area contributed by atoms with E-state index in [1.54, 1.807) is 43.6 Å². The van der Waals surface area contributed by atoms with E-state index in [4.69, 9.17) is 27.9 Å². The van der Waals surface area contributed by atoms with Crippen LogP contribution in [0.4, 0.5) is 5.69 Å². The second kappa shape index (κ2) is 11.5. The summed E-state index contributed by atoms with van der Waals surface area (Å²) in [6.07, 6.45) is 1.59. The van der Waals surface area contributed by atoms with Gasteiger partial charge in [0.1, 0.15) is 16.5 Å². The van der Waals surface area contributed by atoms with Crippen molar-refractivity contribution in [1.29, 1.82) is 5.26 Å². The lowest BCUT2D eigenvalue weighted by Crippen LogP contribution is -2.21. The van der Waals surface area contributed by atoms with Crippen molar-refractivity contribution in [2.24, 2.45) is 7.05 Å². The Kier molecular flexibility index (Phi) is 8.24. The van der Waals surface area contributed by atoms with Crippen LogP contribution in [0.1, 0.15) is 64.2 Å². The number of carboxylic acid groups (broad SMARTS) is 1. The summed E-state index contributed by atoms with van der Waals surface area (Å²) < 4.78 is 8.43. The quantitative estimate of drug-likeness (QED) is 0.259. The lowest BCUT2D eigenvalue weighted by molar-refractivity contribution is 0.0688. The third-order valence-electron chi connectivity index (χ3n) is 6.53. The second-order valence-corrected chi connectivity index (χ2v) is 10.4. The molecular formula is C29H27Cl2N5O4. The molecule has 0 bridgehead atoms. The molecule has 1 atom stereocenters. The number of carbonyl (C=O) groups is 1. The van der Waals surface area contributed by atoms with Gasteiger partial charge in [-0.25, -0.2) is 9.48 Å². The average Bonchev–Trinajstić information content (AvgIpc) is 3.31. The number of aromatic carboxylic acids is 1. The van der Waals surface area contributed by atoms with Gasteiger partial charge in [-0.05, 0) is 60.4 Å². The number of hydrogen-bond donors (Lipinski definition) is 2. The molecule has 0 aliphatic heterocycles. The molecule has 40 heavy (non-hydrogen) atoms. The molecule has 0 saturated heterocycles. The monoisotopic (exact) mass is 579 g/mol. The number of benzene rings is 2. The number of ether oxygens (including phenoxy) is 1. The van der Waals surface area contributed by atoms with Gasteiger partial charge in [0.25, 0.3) is 5.56 Å². The van der Waals surface area contributed by atoms with Crippen molar-refractivity contribution in [2.45, 2.75) is 32.7 Å². The summed E-state index contributed by atoms with van der Waals surface area (Å²) in [5.74, 6) is -1.03. The number of nitrogens with one attached hydrogen (secondary N) is 1. The van der Waals surface area contributed by atoms with Gasteiger partial charge in [0.2, 0.25) is 0 Å². The van der Waals surface area contributed by atoms with Gasteiger partial charge in [-0.15, -0.1) is 0 Å². The van der Waals surface area contributed by atoms with Crippen LogP contribution in [0.3, 0.4) is 0 Å². The molecule has 2 N–H and O–H groups in total. The fourth-order valence-corrected chi connectivity index (χ4v) is 5.21. The van der Waals surface area contributed by atoms with Crippen molar-refractivity contribution in [2.75, 3.05) is 12.4 Å². The van der Waals surface area contributed by atoms with Crippen molar-refractivity contribution < 1.29 is 14.6 Å². The van der Waals surface area contributed by atoms with Gasteiger partial charge >= 0.3 is 5.97 Å². The number of hydrogen-bond acceptors (Lipinski definition) is 6. The number of methoxy groups -OCH3 is 1. The Hall–Kier alpha value is -4.26. The van der Waals surface area contributed by atoms with Crippen LogP contribution in [0, 0.1) is 18.3 Å². The normalized spacial score (nSPS) is 11.8. The zero-order chi connectivity index (χ0) is 29.3. The zero-order valence-electron chi connectivity index (χ0n) is 22.5. The summed E-state index contributed by atoms with van der Waals surface area (Å²) in [6.45, 7) is 5.74. The number of nitriles is 1. The number of nitrogens with zero attached hydrogens (tertiary/aromatic N) is 4. The summed E-state index contributed by atoms with van der Waals surface area (Å²) in [5.41, 5.74) is 3.29. The third kappa shape index (κ3) is 5.41. The van der Waals surface area contributed by atoms with E-state index in [1.807, 2.05) is 26.8 Å². The Bertz CT molecular complexity index is 1690. The molecule has 2 aromatic carbocycles. The number of aromatic nitrogens is 3. The first-order chi connectivity index (χ1) is 19.0. The van der Waals surface area contributed by atoms with E-state index in [-0.39, 0.29) is 22.2 Å². The Balaban J connectivity index is 2.09. The van der Waals surface area contributed by atoms with E-state index >= 15 is 0 Å². The molecule has 0 fully saturated rings. The minimum absolute atomic E-state index is 0.00960. The molecule has 0 aliphatic rings. The van der Waals surface area contributed by atoms with Crippen LogP contribution in [-0.4, -0.2) is 32.5 Å². The van der Waals surface area contributed by atoms with E-state index in [1.165, 1.54) is 22.4 Å². The molecule has 0 saturated carbocycles. The molecule has 0 radical (unpaired) electrons. The maximum atomic E-state index is 12.7. The van der Waals surface area contributed by atoms with Crippen LogP contribution >= 0.6 is 23.2 Å². The van der Waals surface area contributed by atoms with E-state index in [9.17, 15) is 20.0 Å². The van der Waals surface area contributed by atoms with E-state index in [0.29, 0.717) is 39.0 Å². The minimum atomic E-state index is -1.23. The number of pyridine rings is 1. The van der Waals surface area contributed by atoms with Gasteiger partial charge in [0, 0.05) is 23.8 Å². The van der Waals surface area contributed by atoms with Crippen molar-refractivity contribution >= 4 is 34.9 Å². The molecule has 2 heterocycles. The Labute approximate surface area is 241 Å². The van der Waals surface area contributed by atoms with Crippen LogP contribution < -0.4 is 15.6 Å². The number of halogens is 2.